The van der Waals surface area contributed by atoms with Crippen LogP contribution in [-0.4, -0.2) is 17.1 Å². The number of thiazole rings is 1. The quantitative estimate of drug-likeness (QED) is 0.453. The van der Waals surface area contributed by atoms with Gasteiger partial charge in [-0.1, -0.05) is 36.4 Å². The summed E-state index contributed by atoms with van der Waals surface area (Å²) in [6.45, 7) is 2.60. The predicted molar refractivity (Wildman–Crippen MR) is 117 cm³/mol. The molecule has 0 aliphatic heterocycles. The van der Waals surface area contributed by atoms with E-state index in [2.05, 4.69) is 4.99 Å². The Kier molecular flexibility index (Phi) is 5.68. The summed E-state index contributed by atoms with van der Waals surface area (Å²) in [6.07, 6.45) is 0. The molecular formula is C24H20N2O2S. The third-order valence-electron chi connectivity index (χ3n) is 4.40. The Morgan fingerprint density at radius 2 is 1.59 bits per heavy atom. The first-order chi connectivity index (χ1) is 14.3. The van der Waals surface area contributed by atoms with E-state index in [1.54, 1.807) is 12.1 Å². The molecule has 0 spiro atoms. The number of carbonyl (C=O) groups excluding carboxylic acids is 1. The molecule has 0 atom stereocenters. The molecule has 4 aromatic rings. The third kappa shape index (κ3) is 4.20. The van der Waals surface area contributed by atoms with Crippen LogP contribution in [0.1, 0.15) is 17.3 Å². The lowest BCUT2D eigenvalue weighted by Gasteiger charge is -2.10. The first kappa shape index (κ1) is 18.9. The summed E-state index contributed by atoms with van der Waals surface area (Å²) >= 11 is 1.45. The Labute approximate surface area is 173 Å². The number of hydrogen-bond donors (Lipinski definition) is 0. The third-order valence-corrected chi connectivity index (χ3v) is 5.23. The molecular weight excluding hydrogens is 380 g/mol. The van der Waals surface area contributed by atoms with Gasteiger partial charge in [-0.15, -0.1) is 11.3 Å². The van der Waals surface area contributed by atoms with E-state index in [0.717, 1.165) is 22.7 Å². The Balaban J connectivity index is 1.83. The molecule has 1 heterocycles. The summed E-state index contributed by atoms with van der Waals surface area (Å²) in [7, 11) is 0. The maximum absolute atomic E-state index is 12.7. The fraction of sp³-hybridized carbons (Fsp3) is 0.0833. The molecule has 0 saturated carbocycles. The van der Waals surface area contributed by atoms with Crippen LogP contribution >= 0.6 is 11.3 Å². The highest BCUT2D eigenvalue weighted by atomic mass is 32.1. The van der Waals surface area contributed by atoms with Crippen molar-refractivity contribution in [2.24, 2.45) is 4.99 Å². The van der Waals surface area contributed by atoms with Crippen LogP contribution in [0.3, 0.4) is 0 Å². The SMILES string of the molecule is CCOc1ccc(-c2csc(=NC(=O)c3ccccc3)n2-c2ccccc2)cc1. The molecule has 1 amide bonds. The minimum absolute atomic E-state index is 0.254. The lowest BCUT2D eigenvalue weighted by Crippen LogP contribution is -2.16. The number of amides is 1. The highest BCUT2D eigenvalue weighted by Gasteiger charge is 2.12. The maximum atomic E-state index is 12.7. The minimum Gasteiger partial charge on any atom is -0.494 e. The van der Waals surface area contributed by atoms with E-state index >= 15 is 0 Å². The standard InChI is InChI=1S/C24H20N2O2S/c1-2-28-21-15-13-18(14-16-21)22-17-29-24(26(22)20-11-7-4-8-12-20)25-23(27)19-9-5-3-6-10-19/h3-17H,2H2,1H3. The summed E-state index contributed by atoms with van der Waals surface area (Å²) in [5.41, 5.74) is 3.53. The number of rotatable bonds is 5. The molecule has 144 valence electrons. The zero-order valence-electron chi connectivity index (χ0n) is 16.0. The topological polar surface area (TPSA) is 43.6 Å². The second-order valence-electron chi connectivity index (χ2n) is 6.31. The fourth-order valence-electron chi connectivity index (χ4n) is 3.04. The molecule has 0 saturated heterocycles. The van der Waals surface area contributed by atoms with Gasteiger partial charge in [-0.25, -0.2) is 0 Å². The zero-order valence-corrected chi connectivity index (χ0v) is 16.8. The normalized spacial score (nSPS) is 11.4. The van der Waals surface area contributed by atoms with Crippen LogP contribution in [0.4, 0.5) is 0 Å². The average Bonchev–Trinajstić information content (AvgIpc) is 3.19. The molecule has 0 aliphatic rings. The smallest absolute Gasteiger partial charge is 0.279 e. The van der Waals surface area contributed by atoms with E-state index in [0.29, 0.717) is 17.0 Å². The van der Waals surface area contributed by atoms with Gasteiger partial charge < -0.3 is 4.74 Å². The first-order valence-electron chi connectivity index (χ1n) is 9.39. The van der Waals surface area contributed by atoms with Gasteiger partial charge in [-0.3, -0.25) is 9.36 Å². The number of para-hydroxylation sites is 1. The molecule has 29 heavy (non-hydrogen) atoms. The number of ether oxygens (including phenoxy) is 1. The molecule has 0 bridgehead atoms. The monoisotopic (exact) mass is 400 g/mol. The maximum Gasteiger partial charge on any atom is 0.279 e. The Hall–Kier alpha value is -3.44. The van der Waals surface area contributed by atoms with Gasteiger partial charge in [-0.2, -0.15) is 4.99 Å². The van der Waals surface area contributed by atoms with Gasteiger partial charge in [0.15, 0.2) is 4.80 Å². The number of nitrogens with zero attached hydrogens (tertiary/aromatic N) is 2. The summed E-state index contributed by atoms with van der Waals surface area (Å²) in [4.78, 5) is 17.7. The summed E-state index contributed by atoms with van der Waals surface area (Å²) < 4.78 is 7.57. The lowest BCUT2D eigenvalue weighted by molar-refractivity contribution is 0.0998. The number of benzene rings is 3. The molecule has 3 aromatic carbocycles. The van der Waals surface area contributed by atoms with Crippen LogP contribution in [0.5, 0.6) is 5.75 Å². The van der Waals surface area contributed by atoms with Crippen LogP contribution in [0.15, 0.2) is 95.3 Å². The first-order valence-corrected chi connectivity index (χ1v) is 10.3. The Morgan fingerprint density at radius 1 is 0.931 bits per heavy atom. The second kappa shape index (κ2) is 8.71. The van der Waals surface area contributed by atoms with Crippen LogP contribution in [-0.2, 0) is 0 Å². The van der Waals surface area contributed by atoms with Crippen molar-refractivity contribution in [3.8, 4) is 22.7 Å². The van der Waals surface area contributed by atoms with Gasteiger partial charge in [0.25, 0.3) is 5.91 Å². The summed E-state index contributed by atoms with van der Waals surface area (Å²) in [5.74, 6) is 0.581. The van der Waals surface area contributed by atoms with E-state index in [4.69, 9.17) is 4.74 Å². The van der Waals surface area contributed by atoms with Crippen molar-refractivity contribution < 1.29 is 9.53 Å². The van der Waals surface area contributed by atoms with Gasteiger partial charge in [0.1, 0.15) is 5.75 Å². The molecule has 0 N–H and O–H groups in total. The molecule has 4 rings (SSSR count). The Morgan fingerprint density at radius 3 is 2.24 bits per heavy atom. The molecule has 0 fully saturated rings. The van der Waals surface area contributed by atoms with E-state index < -0.39 is 0 Å². The average molecular weight is 401 g/mol. The predicted octanol–water partition coefficient (Wildman–Crippen LogP) is 5.35. The van der Waals surface area contributed by atoms with E-state index in [1.807, 2.05) is 89.7 Å². The van der Waals surface area contributed by atoms with Crippen LogP contribution in [0.25, 0.3) is 16.9 Å². The zero-order chi connectivity index (χ0) is 20.1. The fourth-order valence-corrected chi connectivity index (χ4v) is 3.94. The summed E-state index contributed by atoms with van der Waals surface area (Å²) in [6, 6.07) is 27.0. The van der Waals surface area contributed by atoms with Crippen molar-refractivity contribution in [1.82, 2.24) is 4.57 Å². The van der Waals surface area contributed by atoms with Crippen molar-refractivity contribution in [2.45, 2.75) is 6.92 Å². The Bertz CT molecular complexity index is 1160. The van der Waals surface area contributed by atoms with E-state index in [9.17, 15) is 4.79 Å². The number of aromatic nitrogens is 1. The molecule has 0 aliphatic carbocycles. The number of hydrogen-bond acceptors (Lipinski definition) is 3. The van der Waals surface area contributed by atoms with Gasteiger partial charge in [-0.05, 0) is 61.0 Å². The van der Waals surface area contributed by atoms with E-state index in [1.165, 1.54) is 11.3 Å². The van der Waals surface area contributed by atoms with Gasteiger partial charge in [0.05, 0.1) is 12.3 Å². The highest BCUT2D eigenvalue weighted by molar-refractivity contribution is 7.07. The van der Waals surface area contributed by atoms with Crippen molar-refractivity contribution in [3.63, 3.8) is 0 Å². The van der Waals surface area contributed by atoms with Crippen LogP contribution in [0.2, 0.25) is 0 Å². The molecule has 0 unspecified atom stereocenters. The lowest BCUT2D eigenvalue weighted by atomic mass is 10.1. The van der Waals surface area contributed by atoms with Crippen molar-refractivity contribution in [3.05, 3.63) is 101 Å². The van der Waals surface area contributed by atoms with Crippen LogP contribution in [0, 0.1) is 0 Å². The molecule has 5 heteroatoms. The second-order valence-corrected chi connectivity index (χ2v) is 7.15. The van der Waals surface area contributed by atoms with Crippen molar-refractivity contribution in [2.75, 3.05) is 6.61 Å². The largest absolute Gasteiger partial charge is 0.494 e. The summed E-state index contributed by atoms with van der Waals surface area (Å²) in [5, 5.41) is 2.03. The molecule has 0 radical (unpaired) electrons. The van der Waals surface area contributed by atoms with Crippen molar-refractivity contribution >= 4 is 17.2 Å². The van der Waals surface area contributed by atoms with Gasteiger partial charge in [0, 0.05) is 16.6 Å². The van der Waals surface area contributed by atoms with Gasteiger partial charge >= 0.3 is 0 Å². The highest BCUT2D eigenvalue weighted by Crippen LogP contribution is 2.25. The van der Waals surface area contributed by atoms with Gasteiger partial charge in [0.2, 0.25) is 0 Å². The molecule has 1 aromatic heterocycles. The minimum atomic E-state index is -0.254. The van der Waals surface area contributed by atoms with Crippen LogP contribution < -0.4 is 9.54 Å². The molecule has 4 nitrogen and oxygen atoms in total. The van der Waals surface area contributed by atoms with E-state index in [-0.39, 0.29) is 5.91 Å². The van der Waals surface area contributed by atoms with Crippen molar-refractivity contribution in [1.29, 1.82) is 0 Å². The number of carbonyl (C=O) groups is 1.